The third kappa shape index (κ3) is 4.37. The number of carboxylic acids is 1. The molecule has 8 nitrogen and oxygen atoms in total. The van der Waals surface area contributed by atoms with E-state index in [9.17, 15) is 9.59 Å². The van der Waals surface area contributed by atoms with Crippen molar-refractivity contribution in [3.63, 3.8) is 0 Å². The van der Waals surface area contributed by atoms with Crippen molar-refractivity contribution < 1.29 is 28.9 Å². The van der Waals surface area contributed by atoms with Crippen LogP contribution in [0.15, 0.2) is 18.2 Å². The first-order valence-corrected chi connectivity index (χ1v) is 8.80. The van der Waals surface area contributed by atoms with Gasteiger partial charge >= 0.3 is 12.0 Å². The van der Waals surface area contributed by atoms with E-state index < -0.39 is 5.97 Å². The summed E-state index contributed by atoms with van der Waals surface area (Å²) < 4.78 is 16.4. The number of rotatable bonds is 7. The number of ether oxygens (including phenoxy) is 3. The number of aliphatic carboxylic acids is 1. The lowest BCUT2D eigenvalue weighted by Gasteiger charge is -2.38. The van der Waals surface area contributed by atoms with Crippen molar-refractivity contribution in [2.45, 2.75) is 31.1 Å². The summed E-state index contributed by atoms with van der Waals surface area (Å²) in [5, 5.41) is 14.2. The molecule has 3 rings (SSSR count). The second-order valence-corrected chi connectivity index (χ2v) is 6.57. The molecule has 0 radical (unpaired) electrons. The van der Waals surface area contributed by atoms with E-state index >= 15 is 0 Å². The van der Waals surface area contributed by atoms with Gasteiger partial charge in [0.25, 0.3) is 0 Å². The Balaban J connectivity index is 1.61. The summed E-state index contributed by atoms with van der Waals surface area (Å²) in [5.74, 6) is 0.600. The Morgan fingerprint density at radius 1 is 1.12 bits per heavy atom. The zero-order valence-corrected chi connectivity index (χ0v) is 14.6. The van der Waals surface area contributed by atoms with Crippen LogP contribution < -0.4 is 20.1 Å². The van der Waals surface area contributed by atoms with Crippen LogP contribution in [0.4, 0.5) is 4.79 Å². The highest BCUT2D eigenvalue weighted by Gasteiger charge is 2.36. The van der Waals surface area contributed by atoms with Crippen molar-refractivity contribution in [2.24, 2.45) is 0 Å². The molecular formula is C18H24N2O6. The van der Waals surface area contributed by atoms with Crippen LogP contribution in [-0.4, -0.2) is 50.2 Å². The van der Waals surface area contributed by atoms with E-state index in [-0.39, 0.29) is 24.7 Å². The number of fused-ring (bicyclic) bond motifs is 1. The number of carbonyl (C=O) groups excluding carboxylic acids is 1. The predicted octanol–water partition coefficient (Wildman–Crippen LogP) is 1.63. The molecule has 1 aromatic carbocycles. The molecule has 26 heavy (non-hydrogen) atoms. The summed E-state index contributed by atoms with van der Waals surface area (Å²) in [4.78, 5) is 22.5. The third-order valence-corrected chi connectivity index (χ3v) is 4.88. The largest absolute Gasteiger partial charge is 0.481 e. The second-order valence-electron chi connectivity index (χ2n) is 6.57. The highest BCUT2D eigenvalue weighted by Crippen LogP contribution is 2.40. The summed E-state index contributed by atoms with van der Waals surface area (Å²) >= 11 is 0. The number of benzene rings is 1. The molecule has 3 N–H and O–H groups in total. The van der Waals surface area contributed by atoms with Gasteiger partial charge in [0.05, 0.1) is 0 Å². The van der Waals surface area contributed by atoms with Gasteiger partial charge in [0, 0.05) is 38.1 Å². The third-order valence-electron chi connectivity index (χ3n) is 4.88. The van der Waals surface area contributed by atoms with Crippen molar-refractivity contribution in [3.05, 3.63) is 23.8 Å². The zero-order chi connectivity index (χ0) is 18.4. The van der Waals surface area contributed by atoms with Crippen LogP contribution in [0.2, 0.25) is 0 Å². The van der Waals surface area contributed by atoms with Gasteiger partial charge in [0.15, 0.2) is 11.5 Å². The smallest absolute Gasteiger partial charge is 0.314 e. The first-order valence-electron chi connectivity index (χ1n) is 8.80. The highest BCUT2D eigenvalue weighted by molar-refractivity contribution is 5.74. The van der Waals surface area contributed by atoms with E-state index in [0.29, 0.717) is 32.7 Å². The molecule has 0 unspecified atom stereocenters. The zero-order valence-electron chi connectivity index (χ0n) is 14.6. The molecule has 8 heteroatoms. The van der Waals surface area contributed by atoms with Crippen LogP contribution in [0.5, 0.6) is 11.5 Å². The molecule has 0 atom stereocenters. The number of amides is 2. The van der Waals surface area contributed by atoms with Crippen LogP contribution in [0.3, 0.4) is 0 Å². The Kier molecular flexibility index (Phi) is 5.82. The monoisotopic (exact) mass is 364 g/mol. The Hall–Kier alpha value is -2.48. The molecular weight excluding hydrogens is 340 g/mol. The van der Waals surface area contributed by atoms with E-state index in [1.54, 1.807) is 0 Å². The number of carbonyl (C=O) groups is 2. The maximum Gasteiger partial charge on any atom is 0.314 e. The molecule has 1 aromatic rings. The molecule has 2 heterocycles. The lowest BCUT2D eigenvalue weighted by Crippen LogP contribution is -2.47. The van der Waals surface area contributed by atoms with Crippen molar-refractivity contribution in [3.8, 4) is 11.5 Å². The summed E-state index contributed by atoms with van der Waals surface area (Å²) in [6, 6.07) is 5.62. The molecule has 0 aromatic heterocycles. The van der Waals surface area contributed by atoms with Gasteiger partial charge in [0.2, 0.25) is 6.79 Å². The Morgan fingerprint density at radius 2 is 1.88 bits per heavy atom. The van der Waals surface area contributed by atoms with Crippen molar-refractivity contribution in [1.82, 2.24) is 10.6 Å². The first kappa shape index (κ1) is 18.3. The van der Waals surface area contributed by atoms with Gasteiger partial charge in [-0.05, 0) is 37.0 Å². The fraction of sp³-hybridized carbons (Fsp3) is 0.556. The summed E-state index contributed by atoms with van der Waals surface area (Å²) in [6.45, 7) is 2.30. The minimum Gasteiger partial charge on any atom is -0.481 e. The molecule has 2 amide bonds. The van der Waals surface area contributed by atoms with Crippen LogP contribution >= 0.6 is 0 Å². The van der Waals surface area contributed by atoms with Gasteiger partial charge < -0.3 is 30.0 Å². The van der Waals surface area contributed by atoms with Crippen LogP contribution in [0.1, 0.15) is 31.2 Å². The quantitative estimate of drug-likeness (QED) is 0.635. The van der Waals surface area contributed by atoms with Gasteiger partial charge in [-0.15, -0.1) is 0 Å². The fourth-order valence-electron chi connectivity index (χ4n) is 3.31. The Bertz CT molecular complexity index is 657. The topological polar surface area (TPSA) is 106 Å². The van der Waals surface area contributed by atoms with Crippen LogP contribution in [0.25, 0.3) is 0 Å². The molecule has 0 bridgehead atoms. The van der Waals surface area contributed by atoms with E-state index in [2.05, 4.69) is 10.6 Å². The average Bonchev–Trinajstić information content (AvgIpc) is 3.12. The SMILES string of the molecule is O=C(O)CCCNC(=O)NCC1(c2ccc3c(c2)OCO3)CCOCC1. The summed E-state index contributed by atoms with van der Waals surface area (Å²) in [6.07, 6.45) is 2.04. The number of carboxylic acid groups (broad SMARTS) is 1. The van der Waals surface area contributed by atoms with Gasteiger partial charge in [0.1, 0.15) is 0 Å². The summed E-state index contributed by atoms with van der Waals surface area (Å²) in [5.41, 5.74) is 0.869. The predicted molar refractivity (Wildman–Crippen MR) is 92.6 cm³/mol. The molecule has 2 aliphatic rings. The lowest BCUT2D eigenvalue weighted by molar-refractivity contribution is -0.137. The van der Waals surface area contributed by atoms with Gasteiger partial charge in [-0.25, -0.2) is 4.79 Å². The average molecular weight is 364 g/mol. The van der Waals surface area contributed by atoms with Crippen molar-refractivity contribution >= 4 is 12.0 Å². The molecule has 2 aliphatic heterocycles. The van der Waals surface area contributed by atoms with Gasteiger partial charge in [-0.2, -0.15) is 0 Å². The maximum absolute atomic E-state index is 12.0. The number of hydrogen-bond acceptors (Lipinski definition) is 5. The molecule has 1 saturated heterocycles. The summed E-state index contributed by atoms with van der Waals surface area (Å²) in [7, 11) is 0. The van der Waals surface area contributed by atoms with Crippen molar-refractivity contribution in [1.29, 1.82) is 0 Å². The standard InChI is InChI=1S/C18H24N2O6/c21-16(22)2-1-7-19-17(23)20-11-18(5-8-24-9-6-18)13-3-4-14-15(10-13)26-12-25-14/h3-4,10H,1-2,5-9,11-12H2,(H,21,22)(H2,19,20,23). The maximum atomic E-state index is 12.0. The van der Waals surface area contributed by atoms with Crippen molar-refractivity contribution in [2.75, 3.05) is 33.1 Å². The van der Waals surface area contributed by atoms with Gasteiger partial charge in [-0.3, -0.25) is 4.79 Å². The fourth-order valence-corrected chi connectivity index (χ4v) is 3.31. The van der Waals surface area contributed by atoms with E-state index in [1.807, 2.05) is 18.2 Å². The highest BCUT2D eigenvalue weighted by atomic mass is 16.7. The number of urea groups is 1. The van der Waals surface area contributed by atoms with E-state index in [4.69, 9.17) is 19.3 Å². The van der Waals surface area contributed by atoms with Gasteiger partial charge in [-0.1, -0.05) is 6.07 Å². The minimum atomic E-state index is -0.865. The lowest BCUT2D eigenvalue weighted by atomic mass is 9.74. The molecule has 0 spiro atoms. The van der Waals surface area contributed by atoms with Crippen LogP contribution in [-0.2, 0) is 14.9 Å². The van der Waals surface area contributed by atoms with E-state index in [1.165, 1.54) is 0 Å². The van der Waals surface area contributed by atoms with E-state index in [0.717, 1.165) is 29.9 Å². The molecule has 142 valence electrons. The minimum absolute atomic E-state index is 0.0404. The van der Waals surface area contributed by atoms with Crippen LogP contribution in [0, 0.1) is 0 Å². The number of hydrogen-bond donors (Lipinski definition) is 3. The molecule has 0 saturated carbocycles. The normalized spacial score (nSPS) is 17.5. The number of nitrogens with one attached hydrogen (secondary N) is 2. The Morgan fingerprint density at radius 3 is 2.65 bits per heavy atom. The second kappa shape index (κ2) is 8.27. The molecule has 0 aliphatic carbocycles. The first-order chi connectivity index (χ1) is 12.6. The molecule has 1 fully saturated rings. The Labute approximate surface area is 151 Å².